The lowest BCUT2D eigenvalue weighted by molar-refractivity contribution is -0.153. The van der Waals surface area contributed by atoms with E-state index >= 15 is 0 Å². The quantitative estimate of drug-likeness (QED) is 0.684. The second kappa shape index (κ2) is 3.93. The van der Waals surface area contributed by atoms with Crippen LogP contribution in [0.25, 0.3) is 0 Å². The molecule has 4 heteroatoms. The Bertz CT molecular complexity index is 262. The average molecular weight is 211 g/mol. The summed E-state index contributed by atoms with van der Waals surface area (Å²) in [5, 5.41) is 8.76. The third-order valence-electron chi connectivity index (χ3n) is 3.64. The van der Waals surface area contributed by atoms with Gasteiger partial charge in [0, 0.05) is 12.8 Å². The Morgan fingerprint density at radius 3 is 2.13 bits per heavy atom. The second-order valence-electron chi connectivity index (χ2n) is 4.72. The van der Waals surface area contributed by atoms with E-state index in [9.17, 15) is 9.59 Å². The minimum absolute atomic E-state index is 0.0277. The van der Waals surface area contributed by atoms with Gasteiger partial charge in [-0.3, -0.25) is 14.5 Å². The maximum atomic E-state index is 11.7. The van der Waals surface area contributed by atoms with Crippen molar-refractivity contribution in [1.82, 2.24) is 4.90 Å². The van der Waals surface area contributed by atoms with Crippen LogP contribution >= 0.6 is 0 Å². The molecule has 2 amide bonds. The molecule has 2 aliphatic rings. The fourth-order valence-electron chi connectivity index (χ4n) is 2.86. The topological polar surface area (TPSA) is 57.6 Å². The van der Waals surface area contributed by atoms with Gasteiger partial charge in [0.15, 0.2) is 0 Å². The van der Waals surface area contributed by atoms with E-state index in [1.807, 2.05) is 0 Å². The summed E-state index contributed by atoms with van der Waals surface area (Å²) in [5.74, 6) is -0.190. The van der Waals surface area contributed by atoms with Crippen molar-refractivity contribution in [3.8, 4) is 0 Å². The summed E-state index contributed by atoms with van der Waals surface area (Å²) in [7, 11) is 0. The third-order valence-corrected chi connectivity index (χ3v) is 3.64. The van der Waals surface area contributed by atoms with Gasteiger partial charge in [-0.25, -0.2) is 0 Å². The Hall–Kier alpha value is -0.900. The second-order valence-corrected chi connectivity index (χ2v) is 4.72. The predicted octanol–water partition coefficient (Wildman–Crippen LogP) is 0.688. The van der Waals surface area contributed by atoms with Crippen molar-refractivity contribution in [2.45, 2.75) is 38.5 Å². The maximum absolute atomic E-state index is 11.7. The zero-order chi connectivity index (χ0) is 10.9. The molecule has 0 aromatic rings. The zero-order valence-corrected chi connectivity index (χ0v) is 8.87. The van der Waals surface area contributed by atoms with Crippen LogP contribution in [-0.2, 0) is 9.59 Å². The van der Waals surface area contributed by atoms with Gasteiger partial charge in [-0.2, -0.15) is 0 Å². The number of hydrogen-bond donors (Lipinski definition) is 1. The van der Waals surface area contributed by atoms with E-state index in [4.69, 9.17) is 5.11 Å². The average Bonchev–Trinajstić information content (AvgIpc) is 2.60. The number of β-amino-alcohol motifs (C(OH)–C–C–N with tert-alkyl or cyclic N) is 1. The van der Waals surface area contributed by atoms with Gasteiger partial charge in [0.2, 0.25) is 11.8 Å². The molecule has 1 saturated heterocycles. The SMILES string of the molecule is O=C1CC2(CCCC2)CC(=O)N1CCO. The van der Waals surface area contributed by atoms with Crippen LogP contribution in [0.4, 0.5) is 0 Å². The minimum atomic E-state index is -0.134. The Morgan fingerprint density at radius 1 is 1.13 bits per heavy atom. The fraction of sp³-hybridized carbons (Fsp3) is 0.818. The van der Waals surface area contributed by atoms with Crippen LogP contribution in [-0.4, -0.2) is 35.0 Å². The maximum Gasteiger partial charge on any atom is 0.229 e. The van der Waals surface area contributed by atoms with Crippen molar-refractivity contribution in [2.24, 2.45) is 5.41 Å². The van der Waals surface area contributed by atoms with E-state index in [1.54, 1.807) is 0 Å². The van der Waals surface area contributed by atoms with Crippen LogP contribution in [0.1, 0.15) is 38.5 Å². The van der Waals surface area contributed by atoms with Gasteiger partial charge in [-0.1, -0.05) is 12.8 Å². The van der Waals surface area contributed by atoms with Crippen LogP contribution < -0.4 is 0 Å². The Balaban J connectivity index is 2.09. The highest BCUT2D eigenvalue weighted by molar-refractivity contribution is 5.98. The van der Waals surface area contributed by atoms with E-state index in [0.29, 0.717) is 12.8 Å². The molecule has 0 bridgehead atoms. The zero-order valence-electron chi connectivity index (χ0n) is 8.87. The normalized spacial score (nSPS) is 25.3. The summed E-state index contributed by atoms with van der Waals surface area (Å²) < 4.78 is 0. The highest BCUT2D eigenvalue weighted by atomic mass is 16.3. The van der Waals surface area contributed by atoms with Crippen molar-refractivity contribution >= 4 is 11.8 Å². The lowest BCUT2D eigenvalue weighted by Gasteiger charge is -2.36. The van der Waals surface area contributed by atoms with Gasteiger partial charge in [0.05, 0.1) is 13.2 Å². The van der Waals surface area contributed by atoms with Crippen molar-refractivity contribution in [1.29, 1.82) is 0 Å². The molecule has 4 nitrogen and oxygen atoms in total. The number of rotatable bonds is 2. The molecule has 1 saturated carbocycles. The number of carbonyl (C=O) groups excluding carboxylic acids is 2. The monoisotopic (exact) mass is 211 g/mol. The molecule has 2 fully saturated rings. The largest absolute Gasteiger partial charge is 0.395 e. The molecule has 15 heavy (non-hydrogen) atoms. The Morgan fingerprint density at radius 2 is 1.67 bits per heavy atom. The van der Waals surface area contributed by atoms with E-state index in [2.05, 4.69) is 0 Å². The summed E-state index contributed by atoms with van der Waals surface area (Å²) in [4.78, 5) is 24.7. The number of hydrogen-bond acceptors (Lipinski definition) is 3. The molecule has 84 valence electrons. The summed E-state index contributed by atoms with van der Waals surface area (Å²) >= 11 is 0. The predicted molar refractivity (Wildman–Crippen MR) is 53.9 cm³/mol. The van der Waals surface area contributed by atoms with Gasteiger partial charge < -0.3 is 5.11 Å². The fourth-order valence-corrected chi connectivity index (χ4v) is 2.86. The van der Waals surface area contributed by atoms with Crippen LogP contribution in [0.3, 0.4) is 0 Å². The first-order chi connectivity index (χ1) is 7.17. The molecule has 1 aliphatic heterocycles. The van der Waals surface area contributed by atoms with Crippen molar-refractivity contribution in [3.63, 3.8) is 0 Å². The Labute approximate surface area is 89.3 Å². The van der Waals surface area contributed by atoms with Gasteiger partial charge in [-0.15, -0.1) is 0 Å². The number of likely N-dealkylation sites (tertiary alicyclic amines) is 1. The van der Waals surface area contributed by atoms with Crippen LogP contribution in [0, 0.1) is 5.41 Å². The van der Waals surface area contributed by atoms with Crippen LogP contribution in [0.2, 0.25) is 0 Å². The van der Waals surface area contributed by atoms with Crippen LogP contribution in [0.5, 0.6) is 0 Å². The lowest BCUT2D eigenvalue weighted by atomic mass is 9.76. The lowest BCUT2D eigenvalue weighted by Crippen LogP contribution is -2.48. The molecule has 1 N–H and O–H groups in total. The smallest absolute Gasteiger partial charge is 0.229 e. The molecular formula is C11H17NO3. The van der Waals surface area contributed by atoms with Gasteiger partial charge >= 0.3 is 0 Å². The van der Waals surface area contributed by atoms with E-state index < -0.39 is 0 Å². The van der Waals surface area contributed by atoms with Crippen molar-refractivity contribution in [2.75, 3.05) is 13.2 Å². The van der Waals surface area contributed by atoms with E-state index in [0.717, 1.165) is 25.7 Å². The summed E-state index contributed by atoms with van der Waals surface area (Å²) in [6.07, 6.45) is 5.30. The van der Waals surface area contributed by atoms with Gasteiger partial charge in [0.1, 0.15) is 0 Å². The molecule has 0 radical (unpaired) electrons. The molecule has 0 aromatic carbocycles. The number of aliphatic hydroxyl groups excluding tert-OH is 1. The summed E-state index contributed by atoms with van der Waals surface area (Å²) in [5.41, 5.74) is -0.0277. The first-order valence-electron chi connectivity index (χ1n) is 5.61. The number of aliphatic hydroxyl groups is 1. The first kappa shape index (κ1) is 10.6. The number of piperidine rings is 1. The standard InChI is InChI=1S/C11H17NO3/c13-6-5-12-9(14)7-11(8-10(12)15)3-1-2-4-11/h13H,1-8H2. The minimum Gasteiger partial charge on any atom is -0.395 e. The highest BCUT2D eigenvalue weighted by Crippen LogP contribution is 2.46. The summed E-state index contributed by atoms with van der Waals surface area (Å²) in [6, 6.07) is 0. The third kappa shape index (κ3) is 1.91. The van der Waals surface area contributed by atoms with E-state index in [1.165, 1.54) is 4.90 Å². The van der Waals surface area contributed by atoms with E-state index in [-0.39, 0.29) is 30.4 Å². The van der Waals surface area contributed by atoms with Gasteiger partial charge in [0.25, 0.3) is 0 Å². The number of carbonyl (C=O) groups is 2. The number of amides is 2. The molecule has 1 spiro atoms. The highest BCUT2D eigenvalue weighted by Gasteiger charge is 2.44. The molecule has 0 aromatic heterocycles. The molecule has 1 aliphatic carbocycles. The Kier molecular flexibility index (Phi) is 2.78. The number of nitrogens with zero attached hydrogens (tertiary/aromatic N) is 1. The number of imide groups is 1. The van der Waals surface area contributed by atoms with Gasteiger partial charge in [-0.05, 0) is 18.3 Å². The molecule has 1 heterocycles. The molecule has 2 rings (SSSR count). The molecule has 0 unspecified atom stereocenters. The van der Waals surface area contributed by atoms with Crippen molar-refractivity contribution < 1.29 is 14.7 Å². The van der Waals surface area contributed by atoms with Crippen LogP contribution in [0.15, 0.2) is 0 Å². The summed E-state index contributed by atoms with van der Waals surface area (Å²) in [6.45, 7) is 0.0260. The molecular weight excluding hydrogens is 194 g/mol. The first-order valence-corrected chi connectivity index (χ1v) is 5.61. The van der Waals surface area contributed by atoms with Crippen molar-refractivity contribution in [3.05, 3.63) is 0 Å². The molecule has 0 atom stereocenters.